The minimum absolute atomic E-state index is 0.0768. The van der Waals surface area contributed by atoms with Crippen molar-refractivity contribution < 1.29 is 14.3 Å². The van der Waals surface area contributed by atoms with Crippen LogP contribution in [0.5, 0.6) is 5.75 Å². The van der Waals surface area contributed by atoms with Crippen molar-refractivity contribution in [1.29, 1.82) is 0 Å². The number of likely N-dealkylation sites (tertiary alicyclic amines) is 1. The predicted octanol–water partition coefficient (Wildman–Crippen LogP) is 4.48. The van der Waals surface area contributed by atoms with Crippen LogP contribution in [0.4, 0.5) is 5.69 Å². The van der Waals surface area contributed by atoms with E-state index in [4.69, 9.17) is 9.47 Å². The van der Waals surface area contributed by atoms with E-state index in [1.165, 1.54) is 25.9 Å². The molecular formula is C22H36N2O3. The molecule has 1 fully saturated rings. The SMILES string of the molecule is CCCC[C@](C)(OCCC)C(=O)Nc1ccc(OCCN2CCCC2)cc1. The second kappa shape index (κ2) is 11.3. The molecule has 0 radical (unpaired) electrons. The maximum Gasteiger partial charge on any atom is 0.256 e. The van der Waals surface area contributed by atoms with Crippen LogP contribution in [0.25, 0.3) is 0 Å². The number of unbranched alkanes of at least 4 members (excludes halogenated alkanes) is 1. The largest absolute Gasteiger partial charge is 0.492 e. The van der Waals surface area contributed by atoms with Crippen LogP contribution in [0.3, 0.4) is 0 Å². The molecule has 0 spiro atoms. The van der Waals surface area contributed by atoms with Gasteiger partial charge in [0.1, 0.15) is 18.0 Å². The molecule has 0 aliphatic carbocycles. The van der Waals surface area contributed by atoms with Crippen molar-refractivity contribution in [2.75, 3.05) is 38.2 Å². The van der Waals surface area contributed by atoms with E-state index in [-0.39, 0.29) is 5.91 Å². The Labute approximate surface area is 164 Å². The first-order valence-corrected chi connectivity index (χ1v) is 10.5. The van der Waals surface area contributed by atoms with Gasteiger partial charge in [0.25, 0.3) is 5.91 Å². The molecule has 1 aliphatic rings. The van der Waals surface area contributed by atoms with Crippen molar-refractivity contribution in [1.82, 2.24) is 4.90 Å². The van der Waals surface area contributed by atoms with Crippen molar-refractivity contribution >= 4 is 11.6 Å². The zero-order valence-electron chi connectivity index (χ0n) is 17.3. The molecule has 1 atom stereocenters. The highest BCUT2D eigenvalue weighted by Gasteiger charge is 2.33. The molecule has 0 saturated carbocycles. The third-order valence-electron chi connectivity index (χ3n) is 5.10. The number of carbonyl (C=O) groups excluding carboxylic acids is 1. The highest BCUT2D eigenvalue weighted by atomic mass is 16.5. The van der Waals surface area contributed by atoms with Gasteiger partial charge in [0.05, 0.1) is 0 Å². The molecule has 0 aromatic heterocycles. The van der Waals surface area contributed by atoms with Gasteiger partial charge in [0.2, 0.25) is 0 Å². The average Bonchev–Trinajstić information content (AvgIpc) is 3.19. The van der Waals surface area contributed by atoms with Crippen molar-refractivity contribution in [3.63, 3.8) is 0 Å². The van der Waals surface area contributed by atoms with Gasteiger partial charge < -0.3 is 14.8 Å². The van der Waals surface area contributed by atoms with E-state index < -0.39 is 5.60 Å². The molecule has 27 heavy (non-hydrogen) atoms. The molecule has 0 unspecified atom stereocenters. The van der Waals surface area contributed by atoms with Crippen molar-refractivity contribution in [3.8, 4) is 5.75 Å². The Morgan fingerprint density at radius 2 is 1.81 bits per heavy atom. The van der Waals surface area contributed by atoms with E-state index in [0.717, 1.165) is 43.7 Å². The van der Waals surface area contributed by atoms with Gasteiger partial charge >= 0.3 is 0 Å². The van der Waals surface area contributed by atoms with Crippen molar-refractivity contribution in [2.24, 2.45) is 0 Å². The summed E-state index contributed by atoms with van der Waals surface area (Å²) in [6.45, 7) is 10.7. The van der Waals surface area contributed by atoms with Crippen LogP contribution < -0.4 is 10.1 Å². The number of amides is 1. The second-order valence-electron chi connectivity index (χ2n) is 7.56. The number of benzene rings is 1. The summed E-state index contributed by atoms with van der Waals surface area (Å²) in [5.74, 6) is 0.760. The second-order valence-corrected chi connectivity index (χ2v) is 7.56. The third kappa shape index (κ3) is 7.15. The summed E-state index contributed by atoms with van der Waals surface area (Å²) in [6.07, 6.45) is 6.24. The fraction of sp³-hybridized carbons (Fsp3) is 0.682. The topological polar surface area (TPSA) is 50.8 Å². The molecular weight excluding hydrogens is 340 g/mol. The number of nitrogens with zero attached hydrogens (tertiary/aromatic N) is 1. The van der Waals surface area contributed by atoms with Crippen LogP contribution in [0.2, 0.25) is 0 Å². The molecule has 0 bridgehead atoms. The van der Waals surface area contributed by atoms with E-state index in [1.54, 1.807) is 0 Å². The van der Waals surface area contributed by atoms with Crippen molar-refractivity contribution in [3.05, 3.63) is 24.3 Å². The first kappa shape index (κ1) is 21.7. The van der Waals surface area contributed by atoms with E-state index in [0.29, 0.717) is 13.2 Å². The third-order valence-corrected chi connectivity index (χ3v) is 5.10. The standard InChI is InChI=1S/C22H36N2O3/c1-4-6-13-22(3,27-17-5-2)21(25)23-19-9-11-20(12-10-19)26-18-16-24-14-7-8-15-24/h9-12H,4-8,13-18H2,1-3H3,(H,23,25)/t22-/m0/s1. The van der Waals surface area contributed by atoms with E-state index >= 15 is 0 Å². The van der Waals surface area contributed by atoms with Crippen LogP contribution in [0.1, 0.15) is 59.3 Å². The van der Waals surface area contributed by atoms with Crippen LogP contribution in [-0.4, -0.2) is 49.3 Å². The Morgan fingerprint density at radius 3 is 2.44 bits per heavy atom. The van der Waals surface area contributed by atoms with Crippen LogP contribution in [0, 0.1) is 0 Å². The molecule has 152 valence electrons. The fourth-order valence-electron chi connectivity index (χ4n) is 3.29. The lowest BCUT2D eigenvalue weighted by atomic mass is 9.97. The normalized spacial score (nSPS) is 16.9. The number of ether oxygens (including phenoxy) is 2. The zero-order chi connectivity index (χ0) is 19.5. The van der Waals surface area contributed by atoms with Gasteiger partial charge in [-0.15, -0.1) is 0 Å². The molecule has 5 heteroatoms. The number of hydrogen-bond donors (Lipinski definition) is 1. The molecule has 5 nitrogen and oxygen atoms in total. The summed E-state index contributed by atoms with van der Waals surface area (Å²) < 4.78 is 11.7. The van der Waals surface area contributed by atoms with E-state index in [1.807, 2.05) is 31.2 Å². The lowest BCUT2D eigenvalue weighted by molar-refractivity contribution is -0.140. The average molecular weight is 377 g/mol. The van der Waals surface area contributed by atoms with Crippen LogP contribution >= 0.6 is 0 Å². The summed E-state index contributed by atoms with van der Waals surface area (Å²) in [5, 5.41) is 3.00. The van der Waals surface area contributed by atoms with Gasteiger partial charge in [-0.25, -0.2) is 0 Å². The molecule has 1 saturated heterocycles. The molecule has 1 aromatic rings. The van der Waals surface area contributed by atoms with Gasteiger partial charge in [-0.05, 0) is 70.0 Å². The number of hydrogen-bond acceptors (Lipinski definition) is 4. The number of nitrogens with one attached hydrogen (secondary N) is 1. The smallest absolute Gasteiger partial charge is 0.256 e. The summed E-state index contributed by atoms with van der Waals surface area (Å²) >= 11 is 0. The quantitative estimate of drug-likeness (QED) is 0.584. The lowest BCUT2D eigenvalue weighted by Crippen LogP contribution is -2.43. The Kier molecular flexibility index (Phi) is 9.08. The Balaban J connectivity index is 1.84. The number of anilines is 1. The first-order chi connectivity index (χ1) is 13.1. The molecule has 1 N–H and O–H groups in total. The maximum absolute atomic E-state index is 12.8. The Morgan fingerprint density at radius 1 is 1.11 bits per heavy atom. The monoisotopic (exact) mass is 376 g/mol. The molecule has 2 rings (SSSR count). The molecule has 1 aromatic carbocycles. The van der Waals surface area contributed by atoms with Gasteiger partial charge in [-0.3, -0.25) is 9.69 Å². The van der Waals surface area contributed by atoms with Gasteiger partial charge in [0, 0.05) is 18.8 Å². The Hall–Kier alpha value is -1.59. The minimum Gasteiger partial charge on any atom is -0.492 e. The minimum atomic E-state index is -0.781. The predicted molar refractivity (Wildman–Crippen MR) is 110 cm³/mol. The molecule has 1 amide bonds. The number of rotatable bonds is 12. The van der Waals surface area contributed by atoms with E-state index in [9.17, 15) is 4.79 Å². The van der Waals surface area contributed by atoms with E-state index in [2.05, 4.69) is 24.1 Å². The van der Waals surface area contributed by atoms with Gasteiger partial charge in [-0.1, -0.05) is 26.7 Å². The highest BCUT2D eigenvalue weighted by Crippen LogP contribution is 2.23. The highest BCUT2D eigenvalue weighted by molar-refractivity contribution is 5.97. The summed E-state index contributed by atoms with van der Waals surface area (Å²) in [4.78, 5) is 15.2. The summed E-state index contributed by atoms with van der Waals surface area (Å²) in [5.41, 5.74) is -0.00795. The van der Waals surface area contributed by atoms with Gasteiger partial charge in [0.15, 0.2) is 0 Å². The summed E-state index contributed by atoms with van der Waals surface area (Å²) in [6, 6.07) is 7.61. The number of carbonyl (C=O) groups is 1. The fourth-order valence-corrected chi connectivity index (χ4v) is 3.29. The van der Waals surface area contributed by atoms with Gasteiger partial charge in [-0.2, -0.15) is 0 Å². The van der Waals surface area contributed by atoms with Crippen LogP contribution in [0.15, 0.2) is 24.3 Å². The maximum atomic E-state index is 12.8. The van der Waals surface area contributed by atoms with Crippen LogP contribution in [-0.2, 0) is 9.53 Å². The Bertz CT molecular complexity index is 545. The zero-order valence-corrected chi connectivity index (χ0v) is 17.3. The first-order valence-electron chi connectivity index (χ1n) is 10.5. The summed E-state index contributed by atoms with van der Waals surface area (Å²) in [7, 11) is 0. The molecule has 1 heterocycles. The van der Waals surface area contributed by atoms with Crippen molar-refractivity contribution in [2.45, 2.75) is 64.9 Å². The molecule has 1 aliphatic heterocycles. The lowest BCUT2D eigenvalue weighted by Gasteiger charge is -2.28.